The van der Waals surface area contributed by atoms with Gasteiger partial charge in [-0.25, -0.2) is 4.98 Å². The first kappa shape index (κ1) is 14.0. The summed E-state index contributed by atoms with van der Waals surface area (Å²) in [6.07, 6.45) is 1.09. The highest BCUT2D eigenvalue weighted by Gasteiger charge is 2.23. The first-order chi connectivity index (χ1) is 9.61. The smallest absolute Gasteiger partial charge is 0.368 e. The molecule has 0 bridgehead atoms. The van der Waals surface area contributed by atoms with Crippen LogP contribution in [0.3, 0.4) is 0 Å². The molecule has 0 aliphatic rings. The monoisotopic (exact) mass is 295 g/mol. The van der Waals surface area contributed by atoms with Crippen molar-refractivity contribution in [1.29, 1.82) is 0 Å². The fraction of sp³-hybridized carbons (Fsp3) is 0.167. The van der Waals surface area contributed by atoms with E-state index in [9.17, 15) is 10.1 Å². The quantitative estimate of drug-likeness (QED) is 0.478. The maximum atomic E-state index is 10.9. The lowest BCUT2D eigenvalue weighted by Gasteiger charge is -2.07. The summed E-state index contributed by atoms with van der Waals surface area (Å²) in [5.41, 5.74) is -0.476. The van der Waals surface area contributed by atoms with Crippen LogP contribution >= 0.6 is 11.6 Å². The number of rotatable bonds is 5. The van der Waals surface area contributed by atoms with E-state index in [0.717, 1.165) is 6.33 Å². The summed E-state index contributed by atoms with van der Waals surface area (Å²) >= 11 is 5.67. The van der Waals surface area contributed by atoms with Gasteiger partial charge in [-0.05, 0) is 19.1 Å². The molecule has 1 heterocycles. The van der Waals surface area contributed by atoms with E-state index in [2.05, 4.69) is 9.97 Å². The molecule has 104 valence electrons. The van der Waals surface area contributed by atoms with Crippen LogP contribution in [0.1, 0.15) is 6.92 Å². The largest absolute Gasteiger partial charge is 0.494 e. The highest BCUT2D eigenvalue weighted by atomic mass is 35.5. The number of hydrogen-bond donors (Lipinski definition) is 0. The van der Waals surface area contributed by atoms with Gasteiger partial charge in [0.25, 0.3) is 0 Å². The fourth-order valence-electron chi connectivity index (χ4n) is 1.48. The van der Waals surface area contributed by atoms with E-state index in [1.807, 2.05) is 6.92 Å². The molecule has 7 nitrogen and oxygen atoms in total. The predicted octanol–water partition coefficient (Wildman–Crippen LogP) is 3.23. The normalized spacial score (nSPS) is 10.1. The van der Waals surface area contributed by atoms with E-state index in [-0.39, 0.29) is 11.0 Å². The molecule has 0 saturated heterocycles. The van der Waals surface area contributed by atoms with Gasteiger partial charge in [-0.2, -0.15) is 4.98 Å². The van der Waals surface area contributed by atoms with Crippen LogP contribution in [0.5, 0.6) is 17.4 Å². The number of aromatic nitrogens is 2. The zero-order chi connectivity index (χ0) is 14.5. The van der Waals surface area contributed by atoms with E-state index in [1.54, 1.807) is 24.3 Å². The number of nitrogens with zero attached hydrogens (tertiary/aromatic N) is 3. The molecule has 1 aromatic heterocycles. The van der Waals surface area contributed by atoms with Gasteiger partial charge in [-0.3, -0.25) is 10.1 Å². The SMILES string of the molecule is CCOc1cccc(Oc2ncnc(Cl)c2[N+](=O)[O-])c1. The van der Waals surface area contributed by atoms with Crippen LogP contribution in [0.2, 0.25) is 5.15 Å². The minimum atomic E-state index is -0.690. The number of halogens is 1. The molecule has 0 aliphatic heterocycles. The third-order valence-electron chi connectivity index (χ3n) is 2.26. The Balaban J connectivity index is 2.32. The van der Waals surface area contributed by atoms with Crippen LogP contribution in [0.4, 0.5) is 5.69 Å². The summed E-state index contributed by atoms with van der Waals surface area (Å²) in [6.45, 7) is 2.35. The van der Waals surface area contributed by atoms with Gasteiger partial charge in [0.2, 0.25) is 5.15 Å². The number of ether oxygens (including phenoxy) is 2. The summed E-state index contributed by atoms with van der Waals surface area (Å²) in [7, 11) is 0. The lowest BCUT2D eigenvalue weighted by atomic mass is 10.3. The van der Waals surface area contributed by atoms with Crippen molar-refractivity contribution in [2.75, 3.05) is 6.61 Å². The van der Waals surface area contributed by atoms with Crippen LogP contribution in [0.15, 0.2) is 30.6 Å². The van der Waals surface area contributed by atoms with E-state index in [1.165, 1.54) is 0 Å². The molecular formula is C12H10ClN3O4. The zero-order valence-corrected chi connectivity index (χ0v) is 11.2. The second-order valence-corrected chi connectivity index (χ2v) is 3.94. The summed E-state index contributed by atoms with van der Waals surface area (Å²) in [5, 5.41) is 10.7. The van der Waals surface area contributed by atoms with Crippen molar-refractivity contribution in [2.45, 2.75) is 6.92 Å². The van der Waals surface area contributed by atoms with Crippen molar-refractivity contribution in [3.63, 3.8) is 0 Å². The molecule has 2 rings (SSSR count). The highest BCUT2D eigenvalue weighted by molar-refractivity contribution is 6.31. The van der Waals surface area contributed by atoms with Crippen LogP contribution < -0.4 is 9.47 Å². The average Bonchev–Trinajstić information content (AvgIpc) is 2.39. The first-order valence-corrected chi connectivity index (χ1v) is 6.05. The molecule has 0 saturated carbocycles. The number of benzene rings is 1. The Bertz CT molecular complexity index is 636. The summed E-state index contributed by atoms with van der Waals surface area (Å²) in [5.74, 6) is 0.727. The molecule has 8 heteroatoms. The van der Waals surface area contributed by atoms with Gasteiger partial charge in [0, 0.05) is 6.07 Å². The standard InChI is InChI=1S/C12H10ClN3O4/c1-2-19-8-4-3-5-9(6-8)20-12-10(16(17)18)11(13)14-7-15-12/h3-7H,2H2,1H3. The Kier molecular flexibility index (Phi) is 4.31. The Morgan fingerprint density at radius 3 is 2.80 bits per heavy atom. The van der Waals surface area contributed by atoms with Crippen LogP contribution in [-0.4, -0.2) is 21.5 Å². The molecule has 0 spiro atoms. The lowest BCUT2D eigenvalue weighted by Crippen LogP contribution is -1.98. The van der Waals surface area contributed by atoms with Gasteiger partial charge in [0.1, 0.15) is 17.8 Å². The lowest BCUT2D eigenvalue weighted by molar-refractivity contribution is -0.386. The molecule has 0 amide bonds. The van der Waals surface area contributed by atoms with E-state index in [4.69, 9.17) is 21.1 Å². The second kappa shape index (κ2) is 6.16. The van der Waals surface area contributed by atoms with E-state index < -0.39 is 10.6 Å². The topological polar surface area (TPSA) is 87.4 Å². The van der Waals surface area contributed by atoms with Crippen LogP contribution in [0.25, 0.3) is 0 Å². The molecule has 0 N–H and O–H groups in total. The maximum Gasteiger partial charge on any atom is 0.368 e. The summed E-state index contributed by atoms with van der Waals surface area (Å²) in [4.78, 5) is 17.5. The number of hydrogen-bond acceptors (Lipinski definition) is 6. The van der Waals surface area contributed by atoms with Gasteiger partial charge in [0.05, 0.1) is 11.5 Å². The molecule has 0 fully saturated rings. The Morgan fingerprint density at radius 1 is 1.35 bits per heavy atom. The minimum Gasteiger partial charge on any atom is -0.494 e. The average molecular weight is 296 g/mol. The second-order valence-electron chi connectivity index (χ2n) is 3.59. The van der Waals surface area contributed by atoms with Crippen molar-refractivity contribution < 1.29 is 14.4 Å². The molecule has 0 atom stereocenters. The molecular weight excluding hydrogens is 286 g/mol. The van der Waals surface area contributed by atoms with Crippen molar-refractivity contribution in [3.8, 4) is 17.4 Å². The minimum absolute atomic E-state index is 0.219. The molecule has 2 aromatic rings. The van der Waals surface area contributed by atoms with Crippen molar-refractivity contribution >= 4 is 17.3 Å². The summed E-state index contributed by atoms with van der Waals surface area (Å²) < 4.78 is 10.7. The van der Waals surface area contributed by atoms with Crippen molar-refractivity contribution in [2.24, 2.45) is 0 Å². The van der Waals surface area contributed by atoms with Gasteiger partial charge in [-0.1, -0.05) is 17.7 Å². The highest BCUT2D eigenvalue weighted by Crippen LogP contribution is 2.34. The van der Waals surface area contributed by atoms with Gasteiger partial charge < -0.3 is 9.47 Å². The third-order valence-corrected chi connectivity index (χ3v) is 2.53. The van der Waals surface area contributed by atoms with E-state index >= 15 is 0 Å². The molecule has 20 heavy (non-hydrogen) atoms. The molecule has 1 aromatic carbocycles. The Labute approximate surface area is 119 Å². The Hall–Kier alpha value is -2.41. The van der Waals surface area contributed by atoms with Gasteiger partial charge in [-0.15, -0.1) is 0 Å². The van der Waals surface area contributed by atoms with Crippen LogP contribution in [0, 0.1) is 10.1 Å². The molecule has 0 aliphatic carbocycles. The Morgan fingerprint density at radius 2 is 2.10 bits per heavy atom. The van der Waals surface area contributed by atoms with Crippen molar-refractivity contribution in [1.82, 2.24) is 9.97 Å². The van der Waals surface area contributed by atoms with E-state index in [0.29, 0.717) is 18.1 Å². The van der Waals surface area contributed by atoms with Gasteiger partial charge in [0.15, 0.2) is 0 Å². The van der Waals surface area contributed by atoms with Gasteiger partial charge >= 0.3 is 11.6 Å². The maximum absolute atomic E-state index is 10.9. The predicted molar refractivity (Wildman–Crippen MR) is 71.4 cm³/mol. The molecule has 0 radical (unpaired) electrons. The molecule has 0 unspecified atom stereocenters. The van der Waals surface area contributed by atoms with Crippen molar-refractivity contribution in [3.05, 3.63) is 45.9 Å². The zero-order valence-electron chi connectivity index (χ0n) is 10.4. The first-order valence-electron chi connectivity index (χ1n) is 5.67. The van der Waals surface area contributed by atoms with Crippen LogP contribution in [-0.2, 0) is 0 Å². The number of nitro groups is 1. The fourth-order valence-corrected chi connectivity index (χ4v) is 1.67. The third kappa shape index (κ3) is 3.12. The summed E-state index contributed by atoms with van der Waals surface area (Å²) in [6, 6.07) is 6.68.